The quantitative estimate of drug-likeness (QED) is 0.847. The van der Waals surface area contributed by atoms with Gasteiger partial charge >= 0.3 is 0 Å². The lowest BCUT2D eigenvalue weighted by molar-refractivity contribution is 0.0872. The van der Waals surface area contributed by atoms with Crippen LogP contribution in [-0.2, 0) is 0 Å². The number of amides is 1. The normalized spacial score (nSPS) is 17.0. The number of nitrogens with one attached hydrogen (secondary N) is 2. The Morgan fingerprint density at radius 1 is 1.39 bits per heavy atom. The number of carbonyl (C=O) groups is 1. The summed E-state index contributed by atoms with van der Waals surface area (Å²) in [5, 5.41) is 6.21. The van der Waals surface area contributed by atoms with Crippen molar-refractivity contribution >= 4 is 11.7 Å². The van der Waals surface area contributed by atoms with Crippen molar-refractivity contribution in [3.63, 3.8) is 0 Å². The molecule has 0 atom stereocenters. The predicted octanol–water partition coefficient (Wildman–Crippen LogP) is 2.75. The molecule has 1 fully saturated rings. The lowest BCUT2D eigenvalue weighted by Crippen LogP contribution is -2.51. The monoisotopic (exact) mass is 318 g/mol. The van der Waals surface area contributed by atoms with Crippen LogP contribution in [0, 0.1) is 5.92 Å². The second-order valence-electron chi connectivity index (χ2n) is 7.12. The Morgan fingerprint density at radius 3 is 2.74 bits per heavy atom. The minimum Gasteiger partial charge on any atom is -0.368 e. The molecule has 2 N–H and O–H groups in total. The molecule has 0 aliphatic carbocycles. The molecule has 0 bridgehead atoms. The first-order valence-electron chi connectivity index (χ1n) is 8.65. The number of hydrogen-bond acceptors (Lipinski definition) is 4. The Kier molecular flexibility index (Phi) is 5.99. The highest BCUT2D eigenvalue weighted by molar-refractivity contribution is 5.94. The van der Waals surface area contributed by atoms with Crippen molar-refractivity contribution in [1.29, 1.82) is 0 Å². The van der Waals surface area contributed by atoms with E-state index >= 15 is 0 Å². The highest BCUT2D eigenvalue weighted by Crippen LogP contribution is 2.24. The van der Waals surface area contributed by atoms with E-state index in [1.165, 1.54) is 12.8 Å². The fraction of sp³-hybridized carbons (Fsp3) is 0.667. The number of hydrogen-bond donors (Lipinski definition) is 2. The Hall–Kier alpha value is -1.62. The van der Waals surface area contributed by atoms with E-state index in [0.717, 1.165) is 31.4 Å². The smallest absolute Gasteiger partial charge is 0.251 e. The third kappa shape index (κ3) is 4.93. The second-order valence-corrected chi connectivity index (χ2v) is 7.12. The van der Waals surface area contributed by atoms with Gasteiger partial charge in [-0.05, 0) is 64.8 Å². The highest BCUT2D eigenvalue weighted by Gasteiger charge is 2.29. The molecule has 1 amide bonds. The molecule has 5 nitrogen and oxygen atoms in total. The summed E-state index contributed by atoms with van der Waals surface area (Å²) in [7, 11) is 0. The van der Waals surface area contributed by atoms with Gasteiger partial charge in [0.2, 0.25) is 0 Å². The second kappa shape index (κ2) is 7.77. The molecule has 0 aromatic carbocycles. The molecule has 2 rings (SSSR count). The lowest BCUT2D eigenvalue weighted by Gasteiger charge is -2.42. The third-order valence-corrected chi connectivity index (χ3v) is 4.70. The molecule has 0 spiro atoms. The summed E-state index contributed by atoms with van der Waals surface area (Å²) in [4.78, 5) is 18.8. The molecule has 0 unspecified atom stereocenters. The van der Waals surface area contributed by atoms with Crippen LogP contribution in [0.25, 0.3) is 0 Å². The van der Waals surface area contributed by atoms with Gasteiger partial charge in [-0.15, -0.1) is 0 Å². The van der Waals surface area contributed by atoms with E-state index < -0.39 is 0 Å². The first-order valence-corrected chi connectivity index (χ1v) is 8.65. The summed E-state index contributed by atoms with van der Waals surface area (Å²) in [5.74, 6) is 1.54. The average molecular weight is 318 g/mol. The van der Waals surface area contributed by atoms with Crippen molar-refractivity contribution in [2.75, 3.05) is 31.5 Å². The van der Waals surface area contributed by atoms with Crippen molar-refractivity contribution in [3.05, 3.63) is 23.9 Å². The van der Waals surface area contributed by atoms with Crippen molar-refractivity contribution < 1.29 is 4.79 Å². The van der Waals surface area contributed by atoms with Gasteiger partial charge in [-0.3, -0.25) is 9.69 Å². The Bertz CT molecular complexity index is 522. The van der Waals surface area contributed by atoms with E-state index in [9.17, 15) is 4.79 Å². The standard InChI is InChI=1S/C18H30N4O/c1-5-19-17(23)15-6-9-20-16(12-15)21-13-18(3,4)22-10-7-14(2)8-11-22/h6,9,12,14H,5,7-8,10-11,13H2,1-4H3,(H,19,23)(H,20,21). The van der Waals surface area contributed by atoms with Crippen LogP contribution < -0.4 is 10.6 Å². The number of pyridine rings is 1. The van der Waals surface area contributed by atoms with Crippen LogP contribution >= 0.6 is 0 Å². The van der Waals surface area contributed by atoms with E-state index in [1.54, 1.807) is 12.3 Å². The van der Waals surface area contributed by atoms with Crippen LogP contribution in [0.1, 0.15) is 50.9 Å². The van der Waals surface area contributed by atoms with Crippen LogP contribution in [0.15, 0.2) is 18.3 Å². The predicted molar refractivity (Wildman–Crippen MR) is 94.8 cm³/mol. The van der Waals surface area contributed by atoms with Gasteiger partial charge in [-0.1, -0.05) is 6.92 Å². The summed E-state index contributed by atoms with van der Waals surface area (Å²) in [5.41, 5.74) is 0.720. The Morgan fingerprint density at radius 2 is 2.09 bits per heavy atom. The van der Waals surface area contributed by atoms with E-state index in [0.29, 0.717) is 12.1 Å². The topological polar surface area (TPSA) is 57.3 Å². The average Bonchev–Trinajstić information content (AvgIpc) is 2.54. The largest absolute Gasteiger partial charge is 0.368 e. The number of rotatable bonds is 6. The Labute approximate surface area is 139 Å². The van der Waals surface area contributed by atoms with Crippen LogP contribution in [0.2, 0.25) is 0 Å². The van der Waals surface area contributed by atoms with E-state index in [-0.39, 0.29) is 11.4 Å². The van der Waals surface area contributed by atoms with Crippen molar-refractivity contribution in [2.45, 2.75) is 46.1 Å². The van der Waals surface area contributed by atoms with Crippen LogP contribution in [0.3, 0.4) is 0 Å². The van der Waals surface area contributed by atoms with Gasteiger partial charge in [0.05, 0.1) is 0 Å². The van der Waals surface area contributed by atoms with Gasteiger partial charge in [0.15, 0.2) is 0 Å². The molecule has 0 radical (unpaired) electrons. The van der Waals surface area contributed by atoms with Gasteiger partial charge in [0, 0.05) is 30.4 Å². The molecule has 1 aliphatic rings. The lowest BCUT2D eigenvalue weighted by atomic mass is 9.93. The minimum absolute atomic E-state index is 0.0535. The van der Waals surface area contributed by atoms with Crippen molar-refractivity contribution in [3.8, 4) is 0 Å². The fourth-order valence-corrected chi connectivity index (χ4v) is 2.96. The summed E-state index contributed by atoms with van der Waals surface area (Å²) in [6, 6.07) is 3.56. The van der Waals surface area contributed by atoms with Gasteiger partial charge in [0.1, 0.15) is 5.82 Å². The SMILES string of the molecule is CCNC(=O)c1ccnc(NCC(C)(C)N2CCC(C)CC2)c1. The van der Waals surface area contributed by atoms with Crippen LogP contribution in [0.5, 0.6) is 0 Å². The highest BCUT2D eigenvalue weighted by atomic mass is 16.1. The fourth-order valence-electron chi connectivity index (χ4n) is 2.96. The molecule has 1 aromatic heterocycles. The molecular formula is C18H30N4O. The van der Waals surface area contributed by atoms with Crippen LogP contribution in [0.4, 0.5) is 5.82 Å². The molecule has 1 aliphatic heterocycles. The number of nitrogens with zero attached hydrogens (tertiary/aromatic N) is 2. The third-order valence-electron chi connectivity index (χ3n) is 4.70. The zero-order valence-corrected chi connectivity index (χ0v) is 14.9. The maximum atomic E-state index is 11.9. The molecule has 23 heavy (non-hydrogen) atoms. The van der Waals surface area contributed by atoms with Crippen molar-refractivity contribution in [2.24, 2.45) is 5.92 Å². The molecule has 5 heteroatoms. The molecule has 0 saturated carbocycles. The molecule has 1 aromatic rings. The number of carbonyl (C=O) groups excluding carboxylic acids is 1. The number of piperidine rings is 1. The first-order chi connectivity index (χ1) is 10.9. The van der Waals surface area contributed by atoms with Gasteiger partial charge in [-0.25, -0.2) is 4.98 Å². The Balaban J connectivity index is 1.94. The van der Waals surface area contributed by atoms with E-state index in [2.05, 4.69) is 41.3 Å². The summed E-state index contributed by atoms with van der Waals surface area (Å²) < 4.78 is 0. The van der Waals surface area contributed by atoms with E-state index in [4.69, 9.17) is 0 Å². The number of anilines is 1. The molecular weight excluding hydrogens is 288 g/mol. The summed E-state index contributed by atoms with van der Waals surface area (Å²) in [6.45, 7) is 12.5. The molecule has 128 valence electrons. The van der Waals surface area contributed by atoms with Crippen molar-refractivity contribution in [1.82, 2.24) is 15.2 Å². The van der Waals surface area contributed by atoms with Gasteiger partial charge < -0.3 is 10.6 Å². The molecule has 2 heterocycles. The minimum atomic E-state index is -0.0535. The number of likely N-dealkylation sites (tertiary alicyclic amines) is 1. The zero-order valence-electron chi connectivity index (χ0n) is 14.9. The van der Waals surface area contributed by atoms with Gasteiger partial charge in [0.25, 0.3) is 5.91 Å². The van der Waals surface area contributed by atoms with Crippen LogP contribution in [-0.4, -0.2) is 47.5 Å². The summed E-state index contributed by atoms with van der Waals surface area (Å²) >= 11 is 0. The summed E-state index contributed by atoms with van der Waals surface area (Å²) in [6.07, 6.45) is 4.23. The van der Waals surface area contributed by atoms with Gasteiger partial charge in [-0.2, -0.15) is 0 Å². The number of aromatic nitrogens is 1. The molecule has 1 saturated heterocycles. The zero-order chi connectivity index (χ0) is 16.9. The maximum absolute atomic E-state index is 11.9. The maximum Gasteiger partial charge on any atom is 0.251 e. The first kappa shape index (κ1) is 17.7. The van der Waals surface area contributed by atoms with E-state index in [1.807, 2.05) is 13.0 Å².